The number of hydrogen-bond donors (Lipinski definition) is 1. The standard InChI is InChI=1S/C19H16BrN3O2/c20-16-8-6-15(7-9-16)17-10-11-19(25)23(22-17)13-18(24)21-12-14-4-2-1-3-5-14/h1-11H,12-13H2,(H,21,24). The topological polar surface area (TPSA) is 64.0 Å². The second kappa shape index (κ2) is 7.90. The third-order valence-electron chi connectivity index (χ3n) is 3.63. The number of amides is 1. The van der Waals surface area contributed by atoms with Gasteiger partial charge in [0, 0.05) is 22.6 Å². The summed E-state index contributed by atoms with van der Waals surface area (Å²) in [5.74, 6) is -0.258. The van der Waals surface area contributed by atoms with Gasteiger partial charge in [0.1, 0.15) is 6.54 Å². The molecule has 0 bridgehead atoms. The van der Waals surface area contributed by atoms with Crippen LogP contribution in [0.4, 0.5) is 0 Å². The van der Waals surface area contributed by atoms with E-state index >= 15 is 0 Å². The molecule has 6 heteroatoms. The second-order valence-electron chi connectivity index (χ2n) is 5.48. The molecule has 5 nitrogen and oxygen atoms in total. The molecular weight excluding hydrogens is 382 g/mol. The van der Waals surface area contributed by atoms with Gasteiger partial charge in [0.25, 0.3) is 5.56 Å². The van der Waals surface area contributed by atoms with Crippen molar-refractivity contribution in [1.29, 1.82) is 0 Å². The molecule has 126 valence electrons. The van der Waals surface area contributed by atoms with E-state index in [1.165, 1.54) is 10.7 Å². The Hall–Kier alpha value is -2.73. The van der Waals surface area contributed by atoms with Gasteiger partial charge in [-0.25, -0.2) is 4.68 Å². The first-order valence-electron chi connectivity index (χ1n) is 7.76. The number of aromatic nitrogens is 2. The maximum absolute atomic E-state index is 12.1. The molecule has 0 saturated heterocycles. The number of benzene rings is 2. The quantitative estimate of drug-likeness (QED) is 0.719. The number of carbonyl (C=O) groups excluding carboxylic acids is 1. The molecule has 1 amide bonds. The lowest BCUT2D eigenvalue weighted by Crippen LogP contribution is -2.33. The van der Waals surface area contributed by atoms with Gasteiger partial charge in [-0.3, -0.25) is 9.59 Å². The molecule has 0 radical (unpaired) electrons. The SMILES string of the molecule is O=C(Cn1nc(-c2ccc(Br)cc2)ccc1=O)NCc1ccccc1. The molecule has 1 heterocycles. The van der Waals surface area contributed by atoms with E-state index in [-0.39, 0.29) is 18.0 Å². The van der Waals surface area contributed by atoms with Gasteiger partial charge in [-0.05, 0) is 23.8 Å². The van der Waals surface area contributed by atoms with Crippen molar-refractivity contribution in [3.05, 3.63) is 87.1 Å². The van der Waals surface area contributed by atoms with Gasteiger partial charge >= 0.3 is 0 Å². The highest BCUT2D eigenvalue weighted by atomic mass is 79.9. The summed E-state index contributed by atoms with van der Waals surface area (Å²) in [4.78, 5) is 24.1. The monoisotopic (exact) mass is 397 g/mol. The first-order valence-corrected chi connectivity index (χ1v) is 8.56. The van der Waals surface area contributed by atoms with Gasteiger partial charge in [0.05, 0.1) is 5.69 Å². The molecule has 2 aromatic carbocycles. The minimum atomic E-state index is -0.310. The molecule has 0 aliphatic carbocycles. The normalized spacial score (nSPS) is 10.4. The number of carbonyl (C=O) groups is 1. The van der Waals surface area contributed by atoms with Crippen LogP contribution >= 0.6 is 15.9 Å². The smallest absolute Gasteiger partial charge is 0.267 e. The van der Waals surface area contributed by atoms with Crippen molar-refractivity contribution >= 4 is 21.8 Å². The Labute approximate surface area is 153 Å². The fourth-order valence-electron chi connectivity index (χ4n) is 2.33. The highest BCUT2D eigenvalue weighted by molar-refractivity contribution is 9.10. The predicted molar refractivity (Wildman–Crippen MR) is 99.9 cm³/mol. The molecule has 25 heavy (non-hydrogen) atoms. The maximum Gasteiger partial charge on any atom is 0.267 e. The summed E-state index contributed by atoms with van der Waals surface area (Å²) in [6, 6.07) is 20.3. The summed E-state index contributed by atoms with van der Waals surface area (Å²) in [7, 11) is 0. The predicted octanol–water partition coefficient (Wildman–Crippen LogP) is 2.99. The minimum Gasteiger partial charge on any atom is -0.350 e. The lowest BCUT2D eigenvalue weighted by atomic mass is 10.1. The Balaban J connectivity index is 1.71. The van der Waals surface area contributed by atoms with Crippen LogP contribution in [0.1, 0.15) is 5.56 Å². The molecule has 0 atom stereocenters. The van der Waals surface area contributed by atoms with Crippen molar-refractivity contribution in [2.24, 2.45) is 0 Å². The zero-order chi connectivity index (χ0) is 17.6. The lowest BCUT2D eigenvalue weighted by Gasteiger charge is -2.08. The Morgan fingerprint density at radius 1 is 1.00 bits per heavy atom. The zero-order valence-corrected chi connectivity index (χ0v) is 14.9. The van der Waals surface area contributed by atoms with Gasteiger partial charge in [-0.1, -0.05) is 58.4 Å². The van der Waals surface area contributed by atoms with E-state index in [1.807, 2.05) is 54.6 Å². The first-order chi connectivity index (χ1) is 12.1. The third-order valence-corrected chi connectivity index (χ3v) is 4.16. The van der Waals surface area contributed by atoms with Crippen molar-refractivity contribution in [3.63, 3.8) is 0 Å². The fourth-order valence-corrected chi connectivity index (χ4v) is 2.59. The molecule has 0 fully saturated rings. The van der Waals surface area contributed by atoms with Crippen LogP contribution in [-0.4, -0.2) is 15.7 Å². The summed E-state index contributed by atoms with van der Waals surface area (Å²) >= 11 is 3.38. The highest BCUT2D eigenvalue weighted by Gasteiger charge is 2.08. The molecule has 0 aliphatic rings. The van der Waals surface area contributed by atoms with Crippen LogP contribution < -0.4 is 10.9 Å². The average molecular weight is 398 g/mol. The van der Waals surface area contributed by atoms with E-state index in [0.29, 0.717) is 12.2 Å². The van der Waals surface area contributed by atoms with Crippen molar-refractivity contribution in [2.45, 2.75) is 13.1 Å². The van der Waals surface area contributed by atoms with Crippen LogP contribution in [0.2, 0.25) is 0 Å². The van der Waals surface area contributed by atoms with E-state index < -0.39 is 0 Å². The van der Waals surface area contributed by atoms with Gasteiger partial charge in [0.2, 0.25) is 5.91 Å². The Kier molecular flexibility index (Phi) is 5.40. The third kappa shape index (κ3) is 4.64. The maximum atomic E-state index is 12.1. The van der Waals surface area contributed by atoms with Gasteiger partial charge in [-0.15, -0.1) is 0 Å². The van der Waals surface area contributed by atoms with E-state index in [9.17, 15) is 9.59 Å². The highest BCUT2D eigenvalue weighted by Crippen LogP contribution is 2.18. The van der Waals surface area contributed by atoms with Crippen LogP contribution in [-0.2, 0) is 17.9 Å². The molecule has 3 rings (SSSR count). The van der Waals surface area contributed by atoms with Crippen molar-refractivity contribution in [1.82, 2.24) is 15.1 Å². The molecule has 0 spiro atoms. The first kappa shape index (κ1) is 17.1. The summed E-state index contributed by atoms with van der Waals surface area (Å²) in [5.41, 5.74) is 2.21. The van der Waals surface area contributed by atoms with Crippen molar-refractivity contribution in [2.75, 3.05) is 0 Å². The van der Waals surface area contributed by atoms with Gasteiger partial charge < -0.3 is 5.32 Å². The largest absolute Gasteiger partial charge is 0.350 e. The van der Waals surface area contributed by atoms with Crippen LogP contribution in [0, 0.1) is 0 Å². The molecule has 0 aliphatic heterocycles. The van der Waals surface area contributed by atoms with Gasteiger partial charge in [-0.2, -0.15) is 5.10 Å². The Morgan fingerprint density at radius 3 is 2.44 bits per heavy atom. The van der Waals surface area contributed by atoms with Crippen LogP contribution in [0.15, 0.2) is 76.0 Å². The summed E-state index contributed by atoms with van der Waals surface area (Å²) < 4.78 is 2.14. The summed E-state index contributed by atoms with van der Waals surface area (Å²) in [5, 5.41) is 7.09. The zero-order valence-electron chi connectivity index (χ0n) is 13.4. The van der Waals surface area contributed by atoms with Crippen molar-refractivity contribution < 1.29 is 4.79 Å². The molecular formula is C19H16BrN3O2. The minimum absolute atomic E-state index is 0.115. The average Bonchev–Trinajstić information content (AvgIpc) is 2.63. The summed E-state index contributed by atoms with van der Waals surface area (Å²) in [6.45, 7) is 0.302. The second-order valence-corrected chi connectivity index (χ2v) is 6.40. The lowest BCUT2D eigenvalue weighted by molar-refractivity contribution is -0.122. The summed E-state index contributed by atoms with van der Waals surface area (Å²) in [6.07, 6.45) is 0. The fraction of sp³-hybridized carbons (Fsp3) is 0.105. The molecule has 3 aromatic rings. The molecule has 0 saturated carbocycles. The number of rotatable bonds is 5. The molecule has 1 aromatic heterocycles. The number of hydrogen-bond acceptors (Lipinski definition) is 3. The van der Waals surface area contributed by atoms with E-state index in [0.717, 1.165) is 15.6 Å². The Bertz CT molecular complexity index is 921. The number of halogens is 1. The van der Waals surface area contributed by atoms with Gasteiger partial charge in [0.15, 0.2) is 0 Å². The van der Waals surface area contributed by atoms with E-state index in [2.05, 4.69) is 26.3 Å². The van der Waals surface area contributed by atoms with E-state index in [1.54, 1.807) is 6.07 Å². The molecule has 0 unspecified atom stereocenters. The van der Waals surface area contributed by atoms with E-state index in [4.69, 9.17) is 0 Å². The van der Waals surface area contributed by atoms with Crippen molar-refractivity contribution in [3.8, 4) is 11.3 Å². The van der Waals surface area contributed by atoms with Crippen LogP contribution in [0.5, 0.6) is 0 Å². The number of nitrogens with zero attached hydrogens (tertiary/aromatic N) is 2. The number of nitrogens with one attached hydrogen (secondary N) is 1. The van der Waals surface area contributed by atoms with Crippen LogP contribution in [0.25, 0.3) is 11.3 Å². The van der Waals surface area contributed by atoms with Crippen LogP contribution in [0.3, 0.4) is 0 Å². The Morgan fingerprint density at radius 2 is 1.72 bits per heavy atom. The molecule has 1 N–H and O–H groups in total.